The molecule has 0 aliphatic heterocycles. The van der Waals surface area contributed by atoms with E-state index in [2.05, 4.69) is 20.9 Å². The minimum atomic E-state index is 0.0521. The highest BCUT2D eigenvalue weighted by molar-refractivity contribution is 9.10. The maximum atomic E-state index is 11.1. The molecule has 1 aromatic carbocycles. The zero-order chi connectivity index (χ0) is 10.8. The summed E-state index contributed by atoms with van der Waals surface area (Å²) in [6.45, 7) is 1.55. The number of rotatable bonds is 2. The topological polar surface area (TPSA) is 32.9 Å². The Morgan fingerprint density at radius 1 is 1.27 bits per heavy atom. The Morgan fingerprint density at radius 3 is 2.67 bits per heavy atom. The average molecular weight is 264 g/mol. The molecule has 0 aliphatic carbocycles. The second-order valence-electron chi connectivity index (χ2n) is 3.35. The molecule has 3 heteroatoms. The Bertz CT molecular complexity index is 502. The van der Waals surface area contributed by atoms with Crippen LogP contribution in [0.15, 0.2) is 40.9 Å². The van der Waals surface area contributed by atoms with Gasteiger partial charge in [-0.15, -0.1) is 0 Å². The zero-order valence-corrected chi connectivity index (χ0v) is 9.84. The lowest BCUT2D eigenvalue weighted by Crippen LogP contribution is -1.91. The van der Waals surface area contributed by atoms with E-state index >= 15 is 0 Å². The van der Waals surface area contributed by atoms with E-state index in [0.717, 1.165) is 15.7 Å². The largest absolute Gasteiger partial charge is 0.352 e. The van der Waals surface area contributed by atoms with Crippen molar-refractivity contribution in [3.8, 4) is 11.3 Å². The van der Waals surface area contributed by atoms with Gasteiger partial charge in [0, 0.05) is 17.1 Å². The van der Waals surface area contributed by atoms with Crippen molar-refractivity contribution in [2.24, 2.45) is 0 Å². The van der Waals surface area contributed by atoms with Gasteiger partial charge >= 0.3 is 0 Å². The predicted molar refractivity (Wildman–Crippen MR) is 63.9 cm³/mol. The molecular formula is C12H10BrNO. The number of hydrogen-bond acceptors (Lipinski definition) is 1. The van der Waals surface area contributed by atoms with Crippen LogP contribution < -0.4 is 0 Å². The van der Waals surface area contributed by atoms with E-state index in [1.807, 2.05) is 30.3 Å². The number of H-pyrrole nitrogens is 1. The second kappa shape index (κ2) is 4.03. The second-order valence-corrected chi connectivity index (χ2v) is 4.27. The maximum absolute atomic E-state index is 11.1. The highest BCUT2D eigenvalue weighted by Crippen LogP contribution is 2.22. The van der Waals surface area contributed by atoms with Gasteiger partial charge in [0.15, 0.2) is 5.78 Å². The predicted octanol–water partition coefficient (Wildman–Crippen LogP) is 3.65. The molecule has 0 saturated heterocycles. The first kappa shape index (κ1) is 10.2. The molecule has 2 aromatic rings. The van der Waals surface area contributed by atoms with Gasteiger partial charge in [0.1, 0.15) is 0 Å². The Hall–Kier alpha value is -1.35. The van der Waals surface area contributed by atoms with Crippen LogP contribution in [0, 0.1) is 0 Å². The van der Waals surface area contributed by atoms with Crippen LogP contribution in [0.1, 0.15) is 17.4 Å². The van der Waals surface area contributed by atoms with Crippen molar-refractivity contribution in [3.63, 3.8) is 0 Å². The monoisotopic (exact) mass is 263 g/mol. The molecule has 0 aliphatic rings. The molecule has 76 valence electrons. The summed E-state index contributed by atoms with van der Waals surface area (Å²) in [5, 5.41) is 0. The number of nitrogens with one attached hydrogen (secondary N) is 1. The highest BCUT2D eigenvalue weighted by atomic mass is 79.9. The quantitative estimate of drug-likeness (QED) is 0.825. The zero-order valence-electron chi connectivity index (χ0n) is 8.25. The molecule has 2 nitrogen and oxygen atoms in total. The van der Waals surface area contributed by atoms with Gasteiger partial charge in [-0.2, -0.15) is 0 Å². The van der Waals surface area contributed by atoms with Crippen molar-refractivity contribution >= 4 is 21.7 Å². The molecule has 0 unspecified atom stereocenters. The van der Waals surface area contributed by atoms with Gasteiger partial charge in [-0.05, 0) is 29.8 Å². The first-order valence-electron chi connectivity index (χ1n) is 4.63. The lowest BCUT2D eigenvalue weighted by Gasteiger charge is -1.98. The van der Waals surface area contributed by atoms with Gasteiger partial charge in [0.05, 0.1) is 5.69 Å². The maximum Gasteiger partial charge on any atom is 0.175 e. The number of benzene rings is 1. The van der Waals surface area contributed by atoms with Crippen molar-refractivity contribution in [2.75, 3.05) is 0 Å². The lowest BCUT2D eigenvalue weighted by atomic mass is 10.2. The normalized spacial score (nSPS) is 10.3. The summed E-state index contributed by atoms with van der Waals surface area (Å²) in [4.78, 5) is 14.2. The summed E-state index contributed by atoms with van der Waals surface area (Å²) in [5.74, 6) is 0.0521. The number of carbonyl (C=O) groups excluding carboxylic acids is 1. The van der Waals surface area contributed by atoms with Crippen molar-refractivity contribution in [3.05, 3.63) is 46.6 Å². The fourth-order valence-corrected chi connectivity index (χ4v) is 1.82. The average Bonchev–Trinajstić information content (AvgIpc) is 2.66. The Kier molecular flexibility index (Phi) is 2.73. The summed E-state index contributed by atoms with van der Waals surface area (Å²) < 4.78 is 1.03. The van der Waals surface area contributed by atoms with Gasteiger partial charge in [0.25, 0.3) is 0 Å². The number of aromatic nitrogens is 1. The number of halogens is 1. The van der Waals surface area contributed by atoms with Gasteiger partial charge < -0.3 is 4.98 Å². The molecule has 0 bridgehead atoms. The van der Waals surface area contributed by atoms with Crippen molar-refractivity contribution in [1.29, 1.82) is 0 Å². The van der Waals surface area contributed by atoms with E-state index < -0.39 is 0 Å². The molecule has 0 amide bonds. The highest BCUT2D eigenvalue weighted by Gasteiger charge is 2.04. The van der Waals surface area contributed by atoms with Crippen LogP contribution in [-0.2, 0) is 0 Å². The van der Waals surface area contributed by atoms with E-state index in [1.165, 1.54) is 0 Å². The molecule has 1 aromatic heterocycles. The van der Waals surface area contributed by atoms with Crippen LogP contribution in [0.4, 0.5) is 0 Å². The summed E-state index contributed by atoms with van der Waals surface area (Å²) in [6, 6.07) is 11.7. The summed E-state index contributed by atoms with van der Waals surface area (Å²) >= 11 is 3.41. The number of hydrogen-bond donors (Lipinski definition) is 1. The first-order chi connectivity index (χ1) is 7.16. The fourth-order valence-electron chi connectivity index (χ4n) is 1.42. The Labute approximate surface area is 96.5 Å². The van der Waals surface area contributed by atoms with Crippen LogP contribution in [-0.4, -0.2) is 10.8 Å². The van der Waals surface area contributed by atoms with Crippen LogP contribution in [0.2, 0.25) is 0 Å². The van der Waals surface area contributed by atoms with E-state index in [0.29, 0.717) is 5.69 Å². The molecule has 0 atom stereocenters. The third-order valence-corrected chi connectivity index (χ3v) is 2.69. The van der Waals surface area contributed by atoms with Crippen molar-refractivity contribution in [1.82, 2.24) is 4.98 Å². The standard InChI is InChI=1S/C12H10BrNO/c1-8(15)11-5-6-12(14-11)9-3-2-4-10(13)7-9/h2-7,14H,1H3. The summed E-state index contributed by atoms with van der Waals surface area (Å²) in [6.07, 6.45) is 0. The third-order valence-electron chi connectivity index (χ3n) is 2.20. The molecular weight excluding hydrogens is 254 g/mol. The molecule has 0 spiro atoms. The number of ketones is 1. The SMILES string of the molecule is CC(=O)c1ccc(-c2cccc(Br)c2)[nH]1. The minimum Gasteiger partial charge on any atom is -0.352 e. The van der Waals surface area contributed by atoms with E-state index in [4.69, 9.17) is 0 Å². The smallest absolute Gasteiger partial charge is 0.175 e. The van der Waals surface area contributed by atoms with Crippen LogP contribution in [0.25, 0.3) is 11.3 Å². The third kappa shape index (κ3) is 2.18. The van der Waals surface area contributed by atoms with Crippen molar-refractivity contribution in [2.45, 2.75) is 6.92 Å². The van der Waals surface area contributed by atoms with Crippen LogP contribution in [0.5, 0.6) is 0 Å². The summed E-state index contributed by atoms with van der Waals surface area (Å²) in [7, 11) is 0. The van der Waals surface area contributed by atoms with Crippen LogP contribution >= 0.6 is 15.9 Å². The van der Waals surface area contributed by atoms with E-state index in [-0.39, 0.29) is 5.78 Å². The van der Waals surface area contributed by atoms with Crippen LogP contribution in [0.3, 0.4) is 0 Å². The van der Waals surface area contributed by atoms with Gasteiger partial charge in [-0.1, -0.05) is 28.1 Å². The Morgan fingerprint density at radius 2 is 2.07 bits per heavy atom. The summed E-state index contributed by atoms with van der Waals surface area (Å²) in [5.41, 5.74) is 2.67. The molecule has 2 rings (SSSR count). The van der Waals surface area contributed by atoms with Crippen molar-refractivity contribution < 1.29 is 4.79 Å². The molecule has 1 N–H and O–H groups in total. The first-order valence-corrected chi connectivity index (χ1v) is 5.42. The minimum absolute atomic E-state index is 0.0521. The number of carbonyl (C=O) groups is 1. The van der Waals surface area contributed by atoms with Gasteiger partial charge in [-0.3, -0.25) is 4.79 Å². The lowest BCUT2D eigenvalue weighted by molar-refractivity contribution is 0.101. The van der Waals surface area contributed by atoms with Gasteiger partial charge in [0.2, 0.25) is 0 Å². The number of aromatic amines is 1. The van der Waals surface area contributed by atoms with Gasteiger partial charge in [-0.25, -0.2) is 0 Å². The molecule has 0 fully saturated rings. The number of Topliss-reactive ketones (excluding diaryl/α,β-unsaturated/α-hetero) is 1. The molecule has 0 saturated carbocycles. The Balaban J connectivity index is 2.41. The molecule has 0 radical (unpaired) electrons. The van der Waals surface area contributed by atoms with E-state index in [1.54, 1.807) is 13.0 Å². The molecule has 15 heavy (non-hydrogen) atoms. The van der Waals surface area contributed by atoms with E-state index in [9.17, 15) is 4.79 Å². The fraction of sp³-hybridized carbons (Fsp3) is 0.0833. The molecule has 1 heterocycles.